The topological polar surface area (TPSA) is 49.9 Å². The quantitative estimate of drug-likeness (QED) is 0.622. The van der Waals surface area contributed by atoms with Crippen LogP contribution in [0.25, 0.3) is 0 Å². The second-order valence-corrected chi connectivity index (χ2v) is 8.00. The number of nitrogens with zero attached hydrogens (tertiary/aromatic N) is 2. The van der Waals surface area contributed by atoms with Crippen LogP contribution in [0.2, 0.25) is 4.34 Å². The molecule has 0 unspecified atom stereocenters. The maximum atomic E-state index is 12.5. The molecule has 2 aromatic rings. The van der Waals surface area contributed by atoms with Crippen LogP contribution in [0.4, 0.5) is 5.69 Å². The summed E-state index contributed by atoms with van der Waals surface area (Å²) < 4.78 is 6.33. The van der Waals surface area contributed by atoms with Crippen molar-refractivity contribution in [1.29, 1.82) is 0 Å². The van der Waals surface area contributed by atoms with E-state index in [-0.39, 0.29) is 18.4 Å². The first-order valence-corrected chi connectivity index (χ1v) is 9.92. The fourth-order valence-corrected chi connectivity index (χ4v) is 4.02. The normalized spacial score (nSPS) is 13.7. The maximum absolute atomic E-state index is 12.5. The second-order valence-electron chi connectivity index (χ2n) is 6.20. The molecule has 1 aromatic carbocycles. The Morgan fingerprint density at radius 1 is 1.30 bits per heavy atom. The van der Waals surface area contributed by atoms with E-state index in [0.29, 0.717) is 29.6 Å². The van der Waals surface area contributed by atoms with Gasteiger partial charge in [-0.05, 0) is 42.8 Å². The van der Waals surface area contributed by atoms with Crippen LogP contribution >= 0.6 is 22.9 Å². The minimum Gasteiger partial charge on any atom is -0.484 e. The average molecular weight is 405 g/mol. The molecule has 1 aliphatic heterocycles. The summed E-state index contributed by atoms with van der Waals surface area (Å²) in [7, 11) is 0. The predicted molar refractivity (Wildman–Crippen MR) is 108 cm³/mol. The average Bonchev–Trinajstić information content (AvgIpc) is 3.28. The van der Waals surface area contributed by atoms with Crippen molar-refractivity contribution in [1.82, 2.24) is 4.90 Å². The van der Waals surface area contributed by atoms with Gasteiger partial charge in [0.15, 0.2) is 6.61 Å². The van der Waals surface area contributed by atoms with Gasteiger partial charge in [0.1, 0.15) is 5.75 Å². The maximum Gasteiger partial charge on any atom is 0.261 e. The van der Waals surface area contributed by atoms with E-state index < -0.39 is 0 Å². The largest absolute Gasteiger partial charge is 0.484 e. The lowest BCUT2D eigenvalue weighted by molar-refractivity contribution is -0.133. The van der Waals surface area contributed by atoms with Gasteiger partial charge in [-0.15, -0.1) is 17.9 Å². The summed E-state index contributed by atoms with van der Waals surface area (Å²) in [6.45, 7) is 5.31. The molecule has 7 heteroatoms. The molecule has 1 fully saturated rings. The Balaban J connectivity index is 1.56. The van der Waals surface area contributed by atoms with Crippen LogP contribution in [0.3, 0.4) is 0 Å². The van der Waals surface area contributed by atoms with Crippen molar-refractivity contribution in [2.75, 3.05) is 24.6 Å². The minimum atomic E-state index is -0.127. The smallest absolute Gasteiger partial charge is 0.261 e. The van der Waals surface area contributed by atoms with Crippen molar-refractivity contribution in [3.05, 3.63) is 58.3 Å². The molecule has 5 nitrogen and oxygen atoms in total. The van der Waals surface area contributed by atoms with Crippen LogP contribution < -0.4 is 9.64 Å². The number of thiophene rings is 1. The highest BCUT2D eigenvalue weighted by molar-refractivity contribution is 7.16. The molecule has 1 aromatic heterocycles. The predicted octanol–water partition coefficient (Wildman–Crippen LogP) is 4.12. The lowest BCUT2D eigenvalue weighted by Gasteiger charge is -2.21. The Hall–Kier alpha value is -2.31. The van der Waals surface area contributed by atoms with Crippen molar-refractivity contribution in [2.45, 2.75) is 19.4 Å². The zero-order valence-electron chi connectivity index (χ0n) is 14.9. The standard InChI is InChI=1S/C20H21ClN2O3S/c1-2-11-22(13-17-9-10-18(21)27-17)20(25)14-26-16-7-5-15(6-8-16)23-12-3-4-19(23)24/h2,5-10H,1,3-4,11-14H2. The number of hydrogen-bond acceptors (Lipinski definition) is 4. The Labute approximate surface area is 167 Å². The van der Waals surface area contributed by atoms with Crippen LogP contribution in [0, 0.1) is 0 Å². The van der Waals surface area contributed by atoms with Crippen LogP contribution in [0.1, 0.15) is 17.7 Å². The highest BCUT2D eigenvalue weighted by Gasteiger charge is 2.21. The SMILES string of the molecule is C=CCN(Cc1ccc(Cl)s1)C(=O)COc1ccc(N2CCCC2=O)cc1. The van der Waals surface area contributed by atoms with E-state index in [9.17, 15) is 9.59 Å². The van der Waals surface area contributed by atoms with Gasteiger partial charge >= 0.3 is 0 Å². The number of halogens is 1. The van der Waals surface area contributed by atoms with Gasteiger partial charge in [-0.3, -0.25) is 9.59 Å². The third kappa shape index (κ3) is 5.11. The molecule has 0 atom stereocenters. The summed E-state index contributed by atoms with van der Waals surface area (Å²) >= 11 is 7.41. The van der Waals surface area contributed by atoms with E-state index in [4.69, 9.17) is 16.3 Å². The third-order valence-corrected chi connectivity index (χ3v) is 5.48. The van der Waals surface area contributed by atoms with Crippen LogP contribution in [0.15, 0.2) is 49.1 Å². The summed E-state index contributed by atoms with van der Waals surface area (Å²) in [5.41, 5.74) is 0.860. The summed E-state index contributed by atoms with van der Waals surface area (Å²) in [4.78, 5) is 28.8. The highest BCUT2D eigenvalue weighted by Crippen LogP contribution is 2.25. The molecule has 2 amide bonds. The van der Waals surface area contributed by atoms with Gasteiger partial charge in [0.2, 0.25) is 5.91 Å². The van der Waals surface area contributed by atoms with E-state index in [2.05, 4.69) is 6.58 Å². The fourth-order valence-electron chi connectivity index (χ4n) is 2.92. The monoisotopic (exact) mass is 404 g/mol. The van der Waals surface area contributed by atoms with Crippen molar-refractivity contribution in [3.8, 4) is 5.75 Å². The first-order chi connectivity index (χ1) is 13.1. The number of anilines is 1. The zero-order chi connectivity index (χ0) is 19.2. The van der Waals surface area contributed by atoms with Crippen molar-refractivity contribution < 1.29 is 14.3 Å². The molecule has 3 rings (SSSR count). The molecule has 27 heavy (non-hydrogen) atoms. The molecule has 1 aliphatic rings. The Morgan fingerprint density at radius 2 is 2.07 bits per heavy atom. The number of amides is 2. The molecule has 2 heterocycles. The number of benzene rings is 1. The molecule has 0 aliphatic carbocycles. The molecule has 0 bridgehead atoms. The van der Waals surface area contributed by atoms with Gasteiger partial charge in [0, 0.05) is 30.1 Å². The van der Waals surface area contributed by atoms with Gasteiger partial charge in [-0.25, -0.2) is 0 Å². The number of rotatable bonds is 8. The van der Waals surface area contributed by atoms with E-state index in [1.165, 1.54) is 11.3 Å². The molecular formula is C20H21ClN2O3S. The third-order valence-electron chi connectivity index (χ3n) is 4.26. The Morgan fingerprint density at radius 3 is 2.67 bits per heavy atom. The van der Waals surface area contributed by atoms with Gasteiger partial charge < -0.3 is 14.5 Å². The second kappa shape index (κ2) is 9.06. The first-order valence-electron chi connectivity index (χ1n) is 8.73. The summed E-state index contributed by atoms with van der Waals surface area (Å²) in [6, 6.07) is 11.0. The molecule has 0 N–H and O–H groups in total. The number of ether oxygens (including phenoxy) is 1. The van der Waals surface area contributed by atoms with E-state index >= 15 is 0 Å². The highest BCUT2D eigenvalue weighted by atomic mass is 35.5. The van der Waals surface area contributed by atoms with Gasteiger partial charge in [-0.1, -0.05) is 17.7 Å². The summed E-state index contributed by atoms with van der Waals surface area (Å²) in [5, 5.41) is 0. The molecule has 142 valence electrons. The summed E-state index contributed by atoms with van der Waals surface area (Å²) in [6.07, 6.45) is 3.18. The molecule has 0 spiro atoms. The molecule has 0 radical (unpaired) electrons. The van der Waals surface area contributed by atoms with Crippen molar-refractivity contribution in [3.63, 3.8) is 0 Å². The van der Waals surface area contributed by atoms with Gasteiger partial charge in [0.05, 0.1) is 10.9 Å². The fraction of sp³-hybridized carbons (Fsp3) is 0.300. The van der Waals surface area contributed by atoms with E-state index in [1.807, 2.05) is 24.3 Å². The lowest BCUT2D eigenvalue weighted by Crippen LogP contribution is -2.34. The van der Waals surface area contributed by atoms with Crippen molar-refractivity contribution in [2.24, 2.45) is 0 Å². The number of carbonyl (C=O) groups is 2. The number of carbonyl (C=O) groups excluding carboxylic acids is 2. The van der Waals surface area contributed by atoms with Gasteiger partial charge in [-0.2, -0.15) is 0 Å². The molecular weight excluding hydrogens is 384 g/mol. The molecule has 1 saturated heterocycles. The molecule has 0 saturated carbocycles. The van der Waals surface area contributed by atoms with E-state index in [1.54, 1.807) is 28.0 Å². The van der Waals surface area contributed by atoms with Crippen LogP contribution in [-0.4, -0.2) is 36.4 Å². The van der Waals surface area contributed by atoms with E-state index in [0.717, 1.165) is 23.5 Å². The van der Waals surface area contributed by atoms with Crippen LogP contribution in [-0.2, 0) is 16.1 Å². The van der Waals surface area contributed by atoms with Crippen molar-refractivity contribution >= 4 is 40.4 Å². The number of hydrogen-bond donors (Lipinski definition) is 0. The summed E-state index contributed by atoms with van der Waals surface area (Å²) in [5.74, 6) is 0.613. The zero-order valence-corrected chi connectivity index (χ0v) is 16.5. The Kier molecular flexibility index (Phi) is 6.53. The Bertz CT molecular complexity index is 819. The first kappa shape index (κ1) is 19.5. The van der Waals surface area contributed by atoms with Gasteiger partial charge in [0.25, 0.3) is 5.91 Å². The minimum absolute atomic E-state index is 0.0606. The van der Waals surface area contributed by atoms with Crippen LogP contribution in [0.5, 0.6) is 5.75 Å². The lowest BCUT2D eigenvalue weighted by atomic mass is 10.3.